The first-order valence-corrected chi connectivity index (χ1v) is 6.71. The number of anilines is 1. The Bertz CT molecular complexity index is 451. The molecule has 2 rings (SSSR count). The number of carboxylic acids is 1. The van der Waals surface area contributed by atoms with Gasteiger partial charge in [-0.15, -0.1) is 0 Å². The third kappa shape index (κ3) is 3.40. The van der Waals surface area contributed by atoms with Gasteiger partial charge < -0.3 is 14.7 Å². The molecule has 0 spiro atoms. The summed E-state index contributed by atoms with van der Waals surface area (Å²) in [5.74, 6) is 0.522. The van der Waals surface area contributed by atoms with Crippen molar-refractivity contribution in [2.24, 2.45) is 5.92 Å². The zero-order chi connectivity index (χ0) is 13.8. The van der Waals surface area contributed by atoms with Crippen LogP contribution in [-0.2, 0) is 4.79 Å². The number of hydrogen-bond acceptors (Lipinski definition) is 3. The third-order valence-electron chi connectivity index (χ3n) is 3.82. The molecule has 1 aromatic rings. The highest BCUT2D eigenvalue weighted by atomic mass is 16.5. The van der Waals surface area contributed by atoms with Crippen molar-refractivity contribution in [1.29, 1.82) is 0 Å². The molecule has 1 saturated heterocycles. The largest absolute Gasteiger partial charge is 0.497 e. The maximum atomic E-state index is 10.7. The Morgan fingerprint density at radius 1 is 1.42 bits per heavy atom. The van der Waals surface area contributed by atoms with E-state index in [0.717, 1.165) is 31.7 Å². The monoisotopic (exact) mass is 263 g/mol. The number of nitrogens with zero attached hydrogens (tertiary/aromatic N) is 1. The van der Waals surface area contributed by atoms with Gasteiger partial charge >= 0.3 is 5.97 Å². The van der Waals surface area contributed by atoms with Crippen molar-refractivity contribution in [1.82, 2.24) is 0 Å². The molecule has 0 amide bonds. The highest BCUT2D eigenvalue weighted by Crippen LogP contribution is 2.29. The van der Waals surface area contributed by atoms with E-state index < -0.39 is 5.97 Å². The lowest BCUT2D eigenvalue weighted by Crippen LogP contribution is -2.34. The van der Waals surface area contributed by atoms with Crippen LogP contribution in [0.4, 0.5) is 5.69 Å². The standard InChI is InChI=1S/C15H21NO3/c1-11-9-13(19-2)3-4-14(11)16-7-5-12(6-8-16)10-15(17)18/h3-4,9,12H,5-8,10H2,1-2H3,(H,17,18). The maximum Gasteiger partial charge on any atom is 0.303 e. The van der Waals surface area contributed by atoms with E-state index >= 15 is 0 Å². The van der Waals surface area contributed by atoms with E-state index in [-0.39, 0.29) is 0 Å². The van der Waals surface area contributed by atoms with Crippen LogP contribution in [0.3, 0.4) is 0 Å². The van der Waals surface area contributed by atoms with Gasteiger partial charge in [0.05, 0.1) is 7.11 Å². The first-order chi connectivity index (χ1) is 9.10. The van der Waals surface area contributed by atoms with Crippen LogP contribution < -0.4 is 9.64 Å². The molecule has 0 aliphatic carbocycles. The lowest BCUT2D eigenvalue weighted by Gasteiger charge is -2.34. The Balaban J connectivity index is 1.99. The van der Waals surface area contributed by atoms with E-state index in [1.807, 2.05) is 12.1 Å². The van der Waals surface area contributed by atoms with Gasteiger partial charge in [-0.1, -0.05) is 0 Å². The lowest BCUT2D eigenvalue weighted by atomic mass is 9.93. The SMILES string of the molecule is COc1ccc(N2CCC(CC(=O)O)CC2)c(C)c1. The van der Waals surface area contributed by atoms with E-state index in [4.69, 9.17) is 9.84 Å². The van der Waals surface area contributed by atoms with Gasteiger partial charge in [-0.05, 0) is 49.4 Å². The Morgan fingerprint density at radius 3 is 2.63 bits per heavy atom. The number of carbonyl (C=O) groups is 1. The van der Waals surface area contributed by atoms with Gasteiger partial charge in [0, 0.05) is 25.2 Å². The van der Waals surface area contributed by atoms with Gasteiger partial charge in [-0.3, -0.25) is 4.79 Å². The maximum absolute atomic E-state index is 10.7. The number of benzene rings is 1. The van der Waals surface area contributed by atoms with Gasteiger partial charge in [-0.2, -0.15) is 0 Å². The Labute approximate surface area is 114 Å². The van der Waals surface area contributed by atoms with Gasteiger partial charge in [-0.25, -0.2) is 0 Å². The van der Waals surface area contributed by atoms with Crippen molar-refractivity contribution in [3.05, 3.63) is 23.8 Å². The first kappa shape index (κ1) is 13.7. The quantitative estimate of drug-likeness (QED) is 0.907. The number of aliphatic carboxylic acids is 1. The summed E-state index contributed by atoms with van der Waals surface area (Å²) >= 11 is 0. The van der Waals surface area contributed by atoms with E-state index in [1.165, 1.54) is 11.3 Å². The van der Waals surface area contributed by atoms with E-state index in [0.29, 0.717) is 12.3 Å². The summed E-state index contributed by atoms with van der Waals surface area (Å²) in [5.41, 5.74) is 2.44. The number of methoxy groups -OCH3 is 1. The second-order valence-corrected chi connectivity index (χ2v) is 5.18. The van der Waals surface area contributed by atoms with Crippen LogP contribution in [0.5, 0.6) is 5.75 Å². The van der Waals surface area contributed by atoms with E-state index in [2.05, 4.69) is 17.9 Å². The molecular weight excluding hydrogens is 242 g/mol. The Morgan fingerprint density at radius 2 is 2.11 bits per heavy atom. The number of rotatable bonds is 4. The van der Waals surface area contributed by atoms with Gasteiger partial charge in [0.1, 0.15) is 5.75 Å². The van der Waals surface area contributed by atoms with Crippen LogP contribution in [0, 0.1) is 12.8 Å². The second-order valence-electron chi connectivity index (χ2n) is 5.18. The molecule has 19 heavy (non-hydrogen) atoms. The van der Waals surface area contributed by atoms with Crippen molar-refractivity contribution < 1.29 is 14.6 Å². The van der Waals surface area contributed by atoms with Crippen molar-refractivity contribution in [2.45, 2.75) is 26.2 Å². The topological polar surface area (TPSA) is 49.8 Å². The summed E-state index contributed by atoms with van der Waals surface area (Å²) in [5, 5.41) is 8.82. The molecule has 1 N–H and O–H groups in total. The molecule has 104 valence electrons. The van der Waals surface area contributed by atoms with Crippen LogP contribution in [0.1, 0.15) is 24.8 Å². The minimum Gasteiger partial charge on any atom is -0.497 e. The minimum atomic E-state index is -0.681. The summed E-state index contributed by atoms with van der Waals surface area (Å²) in [6, 6.07) is 6.11. The summed E-state index contributed by atoms with van der Waals surface area (Å²) < 4.78 is 5.21. The van der Waals surface area contributed by atoms with Crippen molar-refractivity contribution in [3.63, 3.8) is 0 Å². The molecule has 1 aromatic carbocycles. The molecule has 1 heterocycles. The number of hydrogen-bond donors (Lipinski definition) is 1. The van der Waals surface area contributed by atoms with E-state index in [1.54, 1.807) is 7.11 Å². The third-order valence-corrected chi connectivity index (χ3v) is 3.82. The smallest absolute Gasteiger partial charge is 0.303 e. The molecular formula is C15H21NO3. The molecule has 0 saturated carbocycles. The van der Waals surface area contributed by atoms with Crippen molar-refractivity contribution >= 4 is 11.7 Å². The summed E-state index contributed by atoms with van der Waals surface area (Å²) in [4.78, 5) is 13.1. The minimum absolute atomic E-state index is 0.301. The molecule has 0 aromatic heterocycles. The number of carboxylic acid groups (broad SMARTS) is 1. The fourth-order valence-corrected chi connectivity index (χ4v) is 2.73. The van der Waals surface area contributed by atoms with E-state index in [9.17, 15) is 4.79 Å². The van der Waals surface area contributed by atoms with Crippen LogP contribution in [0.15, 0.2) is 18.2 Å². The zero-order valence-electron chi connectivity index (χ0n) is 11.6. The van der Waals surface area contributed by atoms with Crippen LogP contribution in [0.25, 0.3) is 0 Å². The normalized spacial score (nSPS) is 16.4. The van der Waals surface area contributed by atoms with Crippen LogP contribution >= 0.6 is 0 Å². The van der Waals surface area contributed by atoms with Crippen LogP contribution in [0.2, 0.25) is 0 Å². The van der Waals surface area contributed by atoms with Crippen LogP contribution in [-0.4, -0.2) is 31.3 Å². The predicted octanol–water partition coefficient (Wildman–Crippen LogP) is 2.69. The Hall–Kier alpha value is -1.71. The van der Waals surface area contributed by atoms with Gasteiger partial charge in [0.15, 0.2) is 0 Å². The number of aryl methyl sites for hydroxylation is 1. The molecule has 1 fully saturated rings. The summed E-state index contributed by atoms with van der Waals surface area (Å²) in [6.45, 7) is 3.96. The first-order valence-electron chi connectivity index (χ1n) is 6.71. The molecule has 1 aliphatic rings. The second kappa shape index (κ2) is 5.95. The number of ether oxygens (including phenoxy) is 1. The Kier molecular flexibility index (Phi) is 4.30. The van der Waals surface area contributed by atoms with Gasteiger partial charge in [0.2, 0.25) is 0 Å². The average Bonchev–Trinajstić information content (AvgIpc) is 2.39. The molecule has 0 bridgehead atoms. The van der Waals surface area contributed by atoms with Crippen molar-refractivity contribution in [3.8, 4) is 5.75 Å². The summed E-state index contributed by atoms with van der Waals surface area (Å²) in [7, 11) is 1.67. The van der Waals surface area contributed by atoms with Gasteiger partial charge in [0.25, 0.3) is 0 Å². The molecule has 4 heteroatoms. The highest BCUT2D eigenvalue weighted by molar-refractivity contribution is 5.67. The van der Waals surface area contributed by atoms with Crippen molar-refractivity contribution in [2.75, 3.05) is 25.1 Å². The lowest BCUT2D eigenvalue weighted by molar-refractivity contribution is -0.138. The predicted molar refractivity (Wildman–Crippen MR) is 74.9 cm³/mol. The molecule has 1 aliphatic heterocycles. The highest BCUT2D eigenvalue weighted by Gasteiger charge is 2.22. The molecule has 0 unspecified atom stereocenters. The number of piperidine rings is 1. The molecule has 0 radical (unpaired) electrons. The molecule has 0 atom stereocenters. The fourth-order valence-electron chi connectivity index (χ4n) is 2.73. The fraction of sp³-hybridized carbons (Fsp3) is 0.533. The molecule has 4 nitrogen and oxygen atoms in total. The summed E-state index contributed by atoms with van der Waals surface area (Å²) in [6.07, 6.45) is 2.21. The average molecular weight is 263 g/mol. The zero-order valence-corrected chi connectivity index (χ0v) is 11.6.